The number of esters is 1. The summed E-state index contributed by atoms with van der Waals surface area (Å²) in [6, 6.07) is 0. The van der Waals surface area contributed by atoms with Gasteiger partial charge in [0, 0.05) is 0 Å². The van der Waals surface area contributed by atoms with Crippen LogP contribution in [0.3, 0.4) is 0 Å². The van der Waals surface area contributed by atoms with E-state index in [0.717, 1.165) is 6.42 Å². The molecule has 1 atom stereocenters. The van der Waals surface area contributed by atoms with Crippen LogP contribution in [0.4, 0.5) is 0 Å². The van der Waals surface area contributed by atoms with Gasteiger partial charge in [0.1, 0.15) is 0 Å². The number of methoxy groups -OCH3 is 1. The third kappa shape index (κ3) is 1.01. The third-order valence-electron chi connectivity index (χ3n) is 1.89. The molecule has 58 valence electrons. The Hall–Kier alpha value is 0.430. The largest absolute Gasteiger partial charge is 0.469 e. The molecule has 1 fully saturated rings. The molecule has 1 aliphatic rings. The molecule has 1 rings (SSSR count). The summed E-state index contributed by atoms with van der Waals surface area (Å²) < 4.78 is 4.39. The predicted molar refractivity (Wildman–Crippen MR) is 45.3 cm³/mol. The van der Waals surface area contributed by atoms with Crippen molar-refractivity contribution in [1.29, 1.82) is 0 Å². The van der Waals surface area contributed by atoms with Gasteiger partial charge in [-0.15, -0.1) is 0 Å². The number of rotatable bonds is 1. The summed E-state index contributed by atoms with van der Waals surface area (Å²) >= 11 is 6.73. The van der Waals surface area contributed by atoms with Crippen LogP contribution in [0.5, 0.6) is 0 Å². The van der Waals surface area contributed by atoms with Crippen molar-refractivity contribution in [2.45, 2.75) is 16.6 Å². The van der Waals surface area contributed by atoms with Crippen LogP contribution in [0.1, 0.15) is 13.3 Å². The van der Waals surface area contributed by atoms with E-state index in [9.17, 15) is 4.79 Å². The van der Waals surface area contributed by atoms with Crippen LogP contribution in [-0.2, 0) is 9.53 Å². The molecular weight excluding hydrogens is 264 g/mol. The minimum Gasteiger partial charge on any atom is -0.469 e. The third-order valence-corrected chi connectivity index (χ3v) is 4.20. The zero-order valence-corrected chi connectivity index (χ0v) is 8.95. The lowest BCUT2D eigenvalue weighted by Crippen LogP contribution is -2.18. The second-order valence-electron chi connectivity index (χ2n) is 2.70. The highest BCUT2D eigenvalue weighted by Gasteiger charge is 2.67. The number of carbonyl (C=O) groups excluding carboxylic acids is 1. The average Bonchev–Trinajstić information content (AvgIpc) is 2.32. The zero-order chi connectivity index (χ0) is 7.99. The zero-order valence-electron chi connectivity index (χ0n) is 5.78. The number of hydrogen-bond donors (Lipinski definition) is 0. The first-order valence-corrected chi connectivity index (χ1v) is 4.49. The van der Waals surface area contributed by atoms with Crippen LogP contribution < -0.4 is 0 Å². The highest BCUT2D eigenvalue weighted by molar-refractivity contribution is 9.25. The van der Waals surface area contributed by atoms with E-state index in [1.807, 2.05) is 6.92 Å². The van der Waals surface area contributed by atoms with Gasteiger partial charge < -0.3 is 4.74 Å². The number of ether oxygens (including phenoxy) is 1. The summed E-state index contributed by atoms with van der Waals surface area (Å²) in [6.07, 6.45) is 0.784. The van der Waals surface area contributed by atoms with Crippen molar-refractivity contribution < 1.29 is 9.53 Å². The molecular formula is C6H8Br2O2. The quantitative estimate of drug-likeness (QED) is 0.539. The molecule has 0 saturated heterocycles. The Kier molecular flexibility index (Phi) is 1.88. The number of hydrogen-bond acceptors (Lipinski definition) is 2. The highest BCUT2D eigenvalue weighted by atomic mass is 79.9. The smallest absolute Gasteiger partial charge is 0.313 e. The molecule has 0 amide bonds. The molecule has 0 N–H and O–H groups in total. The lowest BCUT2D eigenvalue weighted by molar-refractivity contribution is -0.146. The monoisotopic (exact) mass is 270 g/mol. The van der Waals surface area contributed by atoms with Crippen molar-refractivity contribution in [2.75, 3.05) is 7.11 Å². The molecule has 0 bridgehead atoms. The number of alkyl halides is 2. The van der Waals surface area contributed by atoms with E-state index in [4.69, 9.17) is 0 Å². The Bertz CT molecular complexity index is 179. The van der Waals surface area contributed by atoms with Crippen LogP contribution >= 0.6 is 31.9 Å². The topological polar surface area (TPSA) is 26.3 Å². The Morgan fingerprint density at radius 3 is 2.10 bits per heavy atom. The van der Waals surface area contributed by atoms with Crippen molar-refractivity contribution in [1.82, 2.24) is 0 Å². The summed E-state index contributed by atoms with van der Waals surface area (Å²) in [7, 11) is 1.40. The Morgan fingerprint density at radius 2 is 2.00 bits per heavy atom. The summed E-state index contributed by atoms with van der Waals surface area (Å²) in [4.78, 5) is 11.0. The van der Waals surface area contributed by atoms with Crippen LogP contribution in [0.2, 0.25) is 0 Å². The van der Waals surface area contributed by atoms with E-state index in [2.05, 4.69) is 36.6 Å². The summed E-state index contributed by atoms with van der Waals surface area (Å²) in [6.45, 7) is 1.86. The Labute approximate surface area is 76.6 Å². The molecule has 0 aliphatic heterocycles. The second-order valence-corrected chi connectivity index (χ2v) is 6.48. The minimum atomic E-state index is -0.373. The van der Waals surface area contributed by atoms with Gasteiger partial charge in [-0.25, -0.2) is 0 Å². The van der Waals surface area contributed by atoms with E-state index in [-0.39, 0.29) is 14.6 Å². The predicted octanol–water partition coefficient (Wildman–Crippen LogP) is 2.06. The fourth-order valence-corrected chi connectivity index (χ4v) is 2.29. The molecule has 0 heterocycles. The maximum Gasteiger partial charge on any atom is 0.313 e. The van der Waals surface area contributed by atoms with Gasteiger partial charge in [-0.1, -0.05) is 31.9 Å². The average molecular weight is 272 g/mol. The van der Waals surface area contributed by atoms with Crippen LogP contribution in [0.15, 0.2) is 0 Å². The van der Waals surface area contributed by atoms with Crippen molar-refractivity contribution in [3.8, 4) is 0 Å². The summed E-state index contributed by atoms with van der Waals surface area (Å²) in [5, 5.41) is 0. The van der Waals surface area contributed by atoms with Crippen molar-refractivity contribution in [3.05, 3.63) is 0 Å². The first-order chi connectivity index (χ1) is 4.44. The molecule has 0 unspecified atom stereocenters. The van der Waals surface area contributed by atoms with E-state index in [1.165, 1.54) is 7.11 Å². The van der Waals surface area contributed by atoms with Gasteiger partial charge in [-0.3, -0.25) is 4.79 Å². The molecule has 1 saturated carbocycles. The Balaban J connectivity index is 2.68. The maximum atomic E-state index is 11.0. The van der Waals surface area contributed by atoms with Crippen molar-refractivity contribution in [2.24, 2.45) is 5.41 Å². The van der Waals surface area contributed by atoms with E-state index < -0.39 is 0 Å². The van der Waals surface area contributed by atoms with E-state index >= 15 is 0 Å². The number of carbonyl (C=O) groups is 1. The van der Waals surface area contributed by atoms with E-state index in [1.54, 1.807) is 0 Å². The van der Waals surface area contributed by atoms with Gasteiger partial charge in [-0.2, -0.15) is 0 Å². The Morgan fingerprint density at radius 1 is 1.60 bits per heavy atom. The SMILES string of the molecule is COC(=O)[C@]1(C)CC1(Br)Br. The highest BCUT2D eigenvalue weighted by Crippen LogP contribution is 2.66. The van der Waals surface area contributed by atoms with Crippen molar-refractivity contribution >= 4 is 37.8 Å². The molecule has 1 aliphatic carbocycles. The molecule has 4 heteroatoms. The second kappa shape index (κ2) is 2.21. The first kappa shape index (κ1) is 8.53. The van der Waals surface area contributed by atoms with Gasteiger partial charge in [0.15, 0.2) is 0 Å². The van der Waals surface area contributed by atoms with Gasteiger partial charge in [0.25, 0.3) is 0 Å². The molecule has 10 heavy (non-hydrogen) atoms. The lowest BCUT2D eigenvalue weighted by Gasteiger charge is -2.07. The van der Waals surface area contributed by atoms with Gasteiger partial charge >= 0.3 is 5.97 Å². The van der Waals surface area contributed by atoms with Crippen LogP contribution in [0.25, 0.3) is 0 Å². The van der Waals surface area contributed by atoms with Crippen molar-refractivity contribution in [3.63, 3.8) is 0 Å². The minimum absolute atomic E-state index is 0.166. The standard InChI is InChI=1S/C6H8Br2O2/c1-5(4(9)10-2)3-6(5,7)8/h3H2,1-2H3/t5-/m0/s1. The first-order valence-electron chi connectivity index (χ1n) is 2.90. The van der Waals surface area contributed by atoms with Crippen LogP contribution in [0, 0.1) is 5.41 Å². The molecule has 2 nitrogen and oxygen atoms in total. The summed E-state index contributed by atoms with van der Waals surface area (Å²) in [5.74, 6) is -0.166. The fraction of sp³-hybridized carbons (Fsp3) is 0.833. The molecule has 0 aromatic heterocycles. The molecule has 0 radical (unpaired) electrons. The summed E-state index contributed by atoms with van der Waals surface area (Å²) in [5.41, 5.74) is -0.373. The molecule has 0 aromatic rings. The number of halogens is 2. The molecule has 0 aromatic carbocycles. The molecule has 0 spiro atoms. The van der Waals surface area contributed by atoms with Gasteiger partial charge in [-0.05, 0) is 13.3 Å². The maximum absolute atomic E-state index is 11.0. The lowest BCUT2D eigenvalue weighted by atomic mass is 10.1. The van der Waals surface area contributed by atoms with Gasteiger partial charge in [0.2, 0.25) is 0 Å². The normalized spacial score (nSPS) is 35.2. The van der Waals surface area contributed by atoms with Crippen LogP contribution in [-0.4, -0.2) is 16.3 Å². The fourth-order valence-electron chi connectivity index (χ4n) is 0.847. The van der Waals surface area contributed by atoms with Gasteiger partial charge in [0.05, 0.1) is 15.8 Å². The van der Waals surface area contributed by atoms with E-state index in [0.29, 0.717) is 0 Å².